The number of aromatic nitrogens is 2. The topological polar surface area (TPSA) is 71.3 Å². The van der Waals surface area contributed by atoms with Gasteiger partial charge in [0.25, 0.3) is 5.91 Å². The lowest BCUT2D eigenvalue weighted by Crippen LogP contribution is -2.21. The van der Waals surface area contributed by atoms with Crippen LogP contribution in [0.2, 0.25) is 0 Å². The van der Waals surface area contributed by atoms with Crippen molar-refractivity contribution in [2.45, 2.75) is 46.5 Å². The van der Waals surface area contributed by atoms with Crippen LogP contribution in [0.25, 0.3) is 11.1 Å². The third-order valence-electron chi connectivity index (χ3n) is 5.29. The molecule has 1 aromatic carbocycles. The van der Waals surface area contributed by atoms with E-state index in [1.807, 2.05) is 38.1 Å². The number of benzene rings is 1. The minimum atomic E-state index is -0.193. The van der Waals surface area contributed by atoms with Crippen LogP contribution in [0.15, 0.2) is 28.7 Å². The van der Waals surface area contributed by atoms with Crippen LogP contribution in [0.3, 0.4) is 0 Å². The lowest BCUT2D eigenvalue weighted by molar-refractivity contribution is 0.102. The van der Waals surface area contributed by atoms with Crippen LogP contribution in [0, 0.1) is 13.8 Å². The SMILES string of the molecule is Cc1nc(N2CCCC2)c2c(C(=O)Nc3ccc(C(C)C)cc3)c(C)oc2n1. The van der Waals surface area contributed by atoms with Crippen LogP contribution >= 0.6 is 0 Å². The molecule has 3 aromatic rings. The average molecular weight is 378 g/mol. The van der Waals surface area contributed by atoms with Crippen LogP contribution in [0.4, 0.5) is 11.5 Å². The number of hydrogen-bond acceptors (Lipinski definition) is 5. The molecule has 0 saturated carbocycles. The zero-order valence-electron chi connectivity index (χ0n) is 16.9. The summed E-state index contributed by atoms with van der Waals surface area (Å²) in [7, 11) is 0. The molecule has 0 unspecified atom stereocenters. The largest absolute Gasteiger partial charge is 0.442 e. The monoisotopic (exact) mass is 378 g/mol. The van der Waals surface area contributed by atoms with Gasteiger partial charge in [0, 0.05) is 18.8 Å². The molecule has 3 heterocycles. The highest BCUT2D eigenvalue weighted by Crippen LogP contribution is 2.34. The van der Waals surface area contributed by atoms with Gasteiger partial charge in [-0.25, -0.2) is 4.98 Å². The molecule has 6 nitrogen and oxygen atoms in total. The summed E-state index contributed by atoms with van der Waals surface area (Å²) < 4.78 is 5.85. The molecule has 1 fully saturated rings. The van der Waals surface area contributed by atoms with Gasteiger partial charge in [0.15, 0.2) is 0 Å². The first-order valence-corrected chi connectivity index (χ1v) is 9.88. The first kappa shape index (κ1) is 18.5. The van der Waals surface area contributed by atoms with Crippen LogP contribution < -0.4 is 10.2 Å². The van der Waals surface area contributed by atoms with Crippen molar-refractivity contribution in [1.82, 2.24) is 9.97 Å². The Morgan fingerprint density at radius 1 is 1.11 bits per heavy atom. The van der Waals surface area contributed by atoms with E-state index in [4.69, 9.17) is 4.42 Å². The molecule has 4 rings (SSSR count). The van der Waals surface area contributed by atoms with Crippen molar-refractivity contribution in [2.24, 2.45) is 0 Å². The van der Waals surface area contributed by atoms with Crippen molar-refractivity contribution in [3.63, 3.8) is 0 Å². The van der Waals surface area contributed by atoms with Gasteiger partial charge >= 0.3 is 0 Å². The Morgan fingerprint density at radius 2 is 1.79 bits per heavy atom. The van der Waals surface area contributed by atoms with E-state index in [9.17, 15) is 4.79 Å². The van der Waals surface area contributed by atoms with Gasteiger partial charge < -0.3 is 14.6 Å². The highest BCUT2D eigenvalue weighted by Gasteiger charge is 2.27. The fourth-order valence-corrected chi connectivity index (χ4v) is 3.77. The second kappa shape index (κ2) is 7.26. The molecule has 0 aliphatic carbocycles. The molecule has 2 aromatic heterocycles. The van der Waals surface area contributed by atoms with Gasteiger partial charge in [0.1, 0.15) is 17.4 Å². The Balaban J connectivity index is 1.73. The Labute approximate surface area is 165 Å². The van der Waals surface area contributed by atoms with E-state index in [-0.39, 0.29) is 5.91 Å². The summed E-state index contributed by atoms with van der Waals surface area (Å²) in [5.41, 5.74) is 3.00. The minimum Gasteiger partial charge on any atom is -0.442 e. The fraction of sp³-hybridized carbons (Fsp3) is 0.409. The highest BCUT2D eigenvalue weighted by atomic mass is 16.3. The summed E-state index contributed by atoms with van der Waals surface area (Å²) in [6.45, 7) is 9.84. The number of furan rings is 1. The summed E-state index contributed by atoms with van der Waals surface area (Å²) >= 11 is 0. The summed E-state index contributed by atoms with van der Waals surface area (Å²) in [5.74, 6) is 2.28. The van der Waals surface area contributed by atoms with E-state index < -0.39 is 0 Å². The zero-order chi connectivity index (χ0) is 19.8. The summed E-state index contributed by atoms with van der Waals surface area (Å²) in [5, 5.41) is 3.71. The molecule has 0 bridgehead atoms. The maximum absolute atomic E-state index is 13.1. The Bertz CT molecular complexity index is 1020. The van der Waals surface area contributed by atoms with Crippen LogP contribution in [-0.2, 0) is 0 Å². The van der Waals surface area contributed by atoms with E-state index in [1.165, 1.54) is 5.56 Å². The van der Waals surface area contributed by atoms with Gasteiger partial charge in [0.2, 0.25) is 5.71 Å². The number of nitrogens with zero attached hydrogens (tertiary/aromatic N) is 3. The number of carbonyl (C=O) groups is 1. The number of aryl methyl sites for hydroxylation is 2. The van der Waals surface area contributed by atoms with Crippen molar-refractivity contribution in [2.75, 3.05) is 23.3 Å². The van der Waals surface area contributed by atoms with Crippen molar-refractivity contribution < 1.29 is 9.21 Å². The van der Waals surface area contributed by atoms with Gasteiger partial charge in [-0.15, -0.1) is 0 Å². The maximum atomic E-state index is 13.1. The molecule has 0 atom stereocenters. The zero-order valence-corrected chi connectivity index (χ0v) is 16.9. The van der Waals surface area contributed by atoms with Crippen molar-refractivity contribution in [3.8, 4) is 0 Å². The lowest BCUT2D eigenvalue weighted by Gasteiger charge is -2.18. The van der Waals surface area contributed by atoms with E-state index in [0.29, 0.717) is 34.2 Å². The second-order valence-electron chi connectivity index (χ2n) is 7.73. The molecular formula is C22H26N4O2. The first-order chi connectivity index (χ1) is 13.4. The molecule has 1 saturated heterocycles. The number of anilines is 2. The third kappa shape index (κ3) is 3.35. The predicted octanol–water partition coefficient (Wildman–Crippen LogP) is 4.82. The highest BCUT2D eigenvalue weighted by molar-refractivity contribution is 6.15. The van der Waals surface area contributed by atoms with E-state index in [2.05, 4.69) is 34.0 Å². The predicted molar refractivity (Wildman–Crippen MR) is 111 cm³/mol. The number of amides is 1. The van der Waals surface area contributed by atoms with Gasteiger partial charge in [-0.3, -0.25) is 4.79 Å². The summed E-state index contributed by atoms with van der Waals surface area (Å²) in [6.07, 6.45) is 2.26. The molecule has 1 amide bonds. The van der Waals surface area contributed by atoms with Crippen molar-refractivity contribution in [3.05, 3.63) is 47.0 Å². The number of rotatable bonds is 4. The number of carbonyl (C=O) groups excluding carboxylic acids is 1. The molecule has 0 radical (unpaired) electrons. The first-order valence-electron chi connectivity index (χ1n) is 9.88. The molecule has 1 N–H and O–H groups in total. The smallest absolute Gasteiger partial charge is 0.260 e. The Kier molecular flexibility index (Phi) is 4.79. The molecule has 1 aliphatic heterocycles. The molecule has 0 spiro atoms. The van der Waals surface area contributed by atoms with Crippen molar-refractivity contribution in [1.29, 1.82) is 0 Å². The molecular weight excluding hydrogens is 352 g/mol. The summed E-state index contributed by atoms with van der Waals surface area (Å²) in [4.78, 5) is 24.4. The Morgan fingerprint density at radius 3 is 2.43 bits per heavy atom. The van der Waals surface area contributed by atoms with Crippen molar-refractivity contribution >= 4 is 28.5 Å². The number of nitrogens with one attached hydrogen (secondary N) is 1. The van der Waals surface area contributed by atoms with Crippen LogP contribution in [-0.4, -0.2) is 29.0 Å². The number of hydrogen-bond donors (Lipinski definition) is 1. The summed E-state index contributed by atoms with van der Waals surface area (Å²) in [6, 6.07) is 7.96. The lowest BCUT2D eigenvalue weighted by atomic mass is 10.0. The van der Waals surface area contributed by atoms with E-state index in [1.54, 1.807) is 0 Å². The second-order valence-corrected chi connectivity index (χ2v) is 7.73. The molecule has 28 heavy (non-hydrogen) atoms. The molecule has 6 heteroatoms. The molecule has 1 aliphatic rings. The van der Waals surface area contributed by atoms with Crippen LogP contribution in [0.1, 0.15) is 60.1 Å². The van der Waals surface area contributed by atoms with E-state index >= 15 is 0 Å². The molecule has 146 valence electrons. The van der Waals surface area contributed by atoms with Gasteiger partial charge in [-0.2, -0.15) is 4.98 Å². The normalized spacial score (nSPS) is 14.2. The van der Waals surface area contributed by atoms with Crippen LogP contribution in [0.5, 0.6) is 0 Å². The van der Waals surface area contributed by atoms with E-state index in [0.717, 1.165) is 37.4 Å². The fourth-order valence-electron chi connectivity index (χ4n) is 3.77. The minimum absolute atomic E-state index is 0.193. The quantitative estimate of drug-likeness (QED) is 0.705. The standard InChI is InChI=1S/C22H26N4O2/c1-13(2)16-7-9-17(10-8-16)25-21(27)18-14(3)28-22-19(18)20(23-15(4)24-22)26-11-5-6-12-26/h7-10,13H,5-6,11-12H2,1-4H3,(H,25,27). The third-order valence-corrected chi connectivity index (χ3v) is 5.29. The van der Waals surface area contributed by atoms with Gasteiger partial charge in [0.05, 0.1) is 10.9 Å². The van der Waals surface area contributed by atoms with Gasteiger partial charge in [-0.05, 0) is 50.3 Å². The Hall–Kier alpha value is -2.89. The average Bonchev–Trinajstić information content (AvgIpc) is 3.28. The van der Waals surface area contributed by atoms with Gasteiger partial charge in [-0.1, -0.05) is 26.0 Å². The number of fused-ring (bicyclic) bond motifs is 1. The maximum Gasteiger partial charge on any atom is 0.260 e.